The molecule has 0 aliphatic carbocycles. The van der Waals surface area contributed by atoms with Gasteiger partial charge in [-0.25, -0.2) is 9.78 Å². The Bertz CT molecular complexity index is 1220. The maximum absolute atomic E-state index is 12.7. The second kappa shape index (κ2) is 9.95. The number of aromatic nitrogens is 4. The van der Waals surface area contributed by atoms with Crippen LogP contribution in [0.25, 0.3) is 5.52 Å². The van der Waals surface area contributed by atoms with Gasteiger partial charge in [0.15, 0.2) is 0 Å². The fourth-order valence-electron chi connectivity index (χ4n) is 3.61. The molecule has 0 unspecified atom stereocenters. The molecule has 2 atom stereocenters. The first-order valence-electron chi connectivity index (χ1n) is 10.2. The van der Waals surface area contributed by atoms with Gasteiger partial charge in [0, 0.05) is 25.0 Å². The van der Waals surface area contributed by atoms with Crippen LogP contribution in [0.4, 0.5) is 18.0 Å². The van der Waals surface area contributed by atoms with Gasteiger partial charge >= 0.3 is 18.5 Å². The maximum atomic E-state index is 12.7. The fourth-order valence-corrected chi connectivity index (χ4v) is 3.83. The molecule has 16 heteroatoms. The Hall–Kier alpha value is -3.59. The van der Waals surface area contributed by atoms with Crippen LogP contribution < -0.4 is 10.1 Å². The maximum Gasteiger partial charge on any atom is 0.522 e. The Kier molecular flexibility index (Phi) is 6.98. The third-order valence-corrected chi connectivity index (χ3v) is 5.33. The molecule has 1 saturated heterocycles. The quantitative estimate of drug-likeness (QED) is 0.451. The van der Waals surface area contributed by atoms with Gasteiger partial charge in [-0.2, -0.15) is 0 Å². The summed E-state index contributed by atoms with van der Waals surface area (Å²) in [6.45, 7) is -1.36. The van der Waals surface area contributed by atoms with Gasteiger partial charge in [0.05, 0.1) is 23.3 Å². The number of nitrogens with zero attached hydrogens (tertiary/aromatic N) is 5. The molecular weight excluding hydrogens is 501 g/mol. The summed E-state index contributed by atoms with van der Waals surface area (Å²) in [5.74, 6) is -0.569. The summed E-state index contributed by atoms with van der Waals surface area (Å²) < 4.78 is 51.4. The number of hydrogen-bond donors (Lipinski definition) is 2. The number of rotatable bonds is 7. The number of fused-ring (bicyclic) bond motifs is 1. The standard InChI is InChI=1S/C19H18ClF3N6O6/c20-10-5-12-6-24-13(9-28(12)7-10)15(30)25-11-1-2-14(29(8-11)18(31)32)16-26-27-17(35-16)33-3-4-34-19(21,22)23/h5-7,9,11,14H,1-4,8H2,(H,25,30)(H,31,32)/t11-,14+/m0/s1. The van der Waals surface area contributed by atoms with E-state index in [1.54, 1.807) is 16.7 Å². The highest BCUT2D eigenvalue weighted by Crippen LogP contribution is 2.31. The molecule has 0 aromatic carbocycles. The van der Waals surface area contributed by atoms with Crippen molar-refractivity contribution in [3.8, 4) is 6.08 Å². The van der Waals surface area contributed by atoms with Crippen LogP contribution in [0.1, 0.15) is 35.3 Å². The molecule has 2 amide bonds. The van der Waals surface area contributed by atoms with Crippen LogP contribution in [0, 0.1) is 0 Å². The summed E-state index contributed by atoms with van der Waals surface area (Å²) in [7, 11) is 0. The highest BCUT2D eigenvalue weighted by Gasteiger charge is 2.37. The van der Waals surface area contributed by atoms with Gasteiger partial charge in [0.25, 0.3) is 5.91 Å². The average Bonchev–Trinajstić information content (AvgIpc) is 3.41. The van der Waals surface area contributed by atoms with Crippen molar-refractivity contribution in [1.29, 1.82) is 0 Å². The van der Waals surface area contributed by atoms with Crippen molar-refractivity contribution in [2.75, 3.05) is 19.8 Å². The lowest BCUT2D eigenvalue weighted by atomic mass is 9.98. The van der Waals surface area contributed by atoms with Gasteiger partial charge in [-0.3, -0.25) is 14.4 Å². The number of carboxylic acid groups (broad SMARTS) is 1. The average molecular weight is 519 g/mol. The van der Waals surface area contributed by atoms with Gasteiger partial charge < -0.3 is 24.0 Å². The molecule has 4 heterocycles. The van der Waals surface area contributed by atoms with Gasteiger partial charge in [-0.05, 0) is 18.9 Å². The van der Waals surface area contributed by atoms with Crippen molar-refractivity contribution in [1.82, 2.24) is 29.8 Å². The second-order valence-electron chi connectivity index (χ2n) is 7.51. The van der Waals surface area contributed by atoms with E-state index in [1.807, 2.05) is 0 Å². The van der Waals surface area contributed by atoms with E-state index in [2.05, 4.69) is 25.2 Å². The summed E-state index contributed by atoms with van der Waals surface area (Å²) in [4.78, 5) is 29.6. The van der Waals surface area contributed by atoms with Crippen molar-refractivity contribution in [3.05, 3.63) is 41.3 Å². The van der Waals surface area contributed by atoms with Gasteiger partial charge in [-0.1, -0.05) is 16.7 Å². The lowest BCUT2D eigenvalue weighted by molar-refractivity contribution is -0.325. The van der Waals surface area contributed by atoms with E-state index in [4.69, 9.17) is 20.8 Å². The number of ether oxygens (including phenoxy) is 2. The van der Waals surface area contributed by atoms with Crippen molar-refractivity contribution in [2.45, 2.75) is 31.3 Å². The van der Waals surface area contributed by atoms with Crippen LogP contribution in [-0.2, 0) is 4.74 Å². The molecule has 188 valence electrons. The fraction of sp³-hybridized carbons (Fsp3) is 0.421. The predicted molar refractivity (Wildman–Crippen MR) is 110 cm³/mol. The number of halogens is 4. The largest absolute Gasteiger partial charge is 0.522 e. The highest BCUT2D eigenvalue weighted by molar-refractivity contribution is 6.31. The van der Waals surface area contributed by atoms with E-state index in [1.165, 1.54) is 12.4 Å². The zero-order valence-corrected chi connectivity index (χ0v) is 18.5. The number of amides is 2. The molecule has 3 aromatic heterocycles. The first-order valence-corrected chi connectivity index (χ1v) is 10.6. The van der Waals surface area contributed by atoms with Gasteiger partial charge in [0.1, 0.15) is 18.3 Å². The van der Waals surface area contributed by atoms with Crippen molar-refractivity contribution < 1.29 is 41.8 Å². The Balaban J connectivity index is 1.36. The van der Waals surface area contributed by atoms with Crippen LogP contribution in [-0.4, -0.2) is 73.8 Å². The van der Waals surface area contributed by atoms with E-state index in [0.29, 0.717) is 17.0 Å². The Morgan fingerprint density at radius 2 is 2.06 bits per heavy atom. The molecule has 1 aliphatic rings. The Morgan fingerprint density at radius 3 is 2.80 bits per heavy atom. The van der Waals surface area contributed by atoms with Crippen molar-refractivity contribution in [2.24, 2.45) is 0 Å². The Morgan fingerprint density at radius 1 is 1.26 bits per heavy atom. The first kappa shape index (κ1) is 24.5. The summed E-state index contributed by atoms with van der Waals surface area (Å²) in [6.07, 6.45) is -1.25. The molecule has 0 saturated carbocycles. The lowest BCUT2D eigenvalue weighted by Crippen LogP contribution is -2.50. The Labute approximate surface area is 199 Å². The number of alkyl halides is 3. The molecule has 3 aromatic rings. The molecule has 1 aliphatic heterocycles. The molecule has 1 fully saturated rings. The highest BCUT2D eigenvalue weighted by atomic mass is 35.5. The van der Waals surface area contributed by atoms with Crippen LogP contribution in [0.2, 0.25) is 5.02 Å². The smallest absolute Gasteiger partial charge is 0.465 e. The normalized spacial score (nSPS) is 18.6. The minimum atomic E-state index is -4.79. The van der Waals surface area contributed by atoms with E-state index in [-0.39, 0.29) is 24.6 Å². The predicted octanol–water partition coefficient (Wildman–Crippen LogP) is 2.90. The summed E-state index contributed by atoms with van der Waals surface area (Å²) >= 11 is 5.95. The third-order valence-electron chi connectivity index (χ3n) is 5.12. The van der Waals surface area contributed by atoms with Gasteiger partial charge in [0.2, 0.25) is 5.89 Å². The molecule has 12 nitrogen and oxygen atoms in total. The SMILES string of the molecule is O=C(N[C@H]1CC[C@H](c2nnc(OCCOC(F)(F)F)o2)N(C(=O)O)C1)c1cn2cc(Cl)cc2cn1. The number of carbonyl (C=O) groups excluding carboxylic acids is 1. The minimum Gasteiger partial charge on any atom is -0.465 e. The van der Waals surface area contributed by atoms with Crippen LogP contribution in [0.3, 0.4) is 0 Å². The van der Waals surface area contributed by atoms with Crippen molar-refractivity contribution >= 4 is 29.1 Å². The third kappa shape index (κ3) is 6.10. The lowest BCUT2D eigenvalue weighted by Gasteiger charge is -2.36. The monoisotopic (exact) mass is 518 g/mol. The van der Waals surface area contributed by atoms with Crippen LogP contribution >= 0.6 is 11.6 Å². The molecular formula is C19H18ClF3N6O6. The molecule has 35 heavy (non-hydrogen) atoms. The van der Waals surface area contributed by atoms with Crippen LogP contribution in [0.5, 0.6) is 6.08 Å². The second-order valence-corrected chi connectivity index (χ2v) is 7.95. The van der Waals surface area contributed by atoms with E-state index in [0.717, 1.165) is 4.90 Å². The molecule has 4 rings (SSSR count). The zero-order valence-electron chi connectivity index (χ0n) is 17.7. The first-order chi connectivity index (χ1) is 16.6. The minimum absolute atomic E-state index is 0.0681. The summed E-state index contributed by atoms with van der Waals surface area (Å²) in [5, 5.41) is 20.2. The molecule has 0 radical (unpaired) electrons. The van der Waals surface area contributed by atoms with Crippen LogP contribution in [0.15, 0.2) is 29.1 Å². The van der Waals surface area contributed by atoms with Gasteiger partial charge in [-0.15, -0.1) is 18.3 Å². The van der Waals surface area contributed by atoms with E-state index < -0.39 is 49.7 Å². The number of hydrogen-bond acceptors (Lipinski definition) is 8. The molecule has 0 bridgehead atoms. The number of nitrogens with one attached hydrogen (secondary N) is 1. The van der Waals surface area contributed by atoms with E-state index >= 15 is 0 Å². The summed E-state index contributed by atoms with van der Waals surface area (Å²) in [5.41, 5.74) is 0.835. The number of carbonyl (C=O) groups is 2. The molecule has 0 spiro atoms. The number of piperidine rings is 1. The van der Waals surface area contributed by atoms with E-state index in [9.17, 15) is 27.9 Å². The number of likely N-dealkylation sites (tertiary alicyclic amines) is 1. The summed E-state index contributed by atoms with van der Waals surface area (Å²) in [6, 6.07) is 0.346. The molecule has 2 N–H and O–H groups in total. The van der Waals surface area contributed by atoms with Crippen molar-refractivity contribution in [3.63, 3.8) is 0 Å². The zero-order chi connectivity index (χ0) is 25.2. The topological polar surface area (TPSA) is 144 Å².